The SMILES string of the molecule is C#CC1=CC(c2ccc3c(c2)C2(COCC(Cc4ccccc4)O3)COC(N)=N2)=CC(C)CC=C1. The van der Waals surface area contributed by atoms with Gasteiger partial charge in [-0.25, -0.2) is 4.99 Å². The molecule has 0 amide bonds. The van der Waals surface area contributed by atoms with Gasteiger partial charge in [-0.3, -0.25) is 0 Å². The normalized spacial score (nSPS) is 25.9. The molecule has 5 heteroatoms. The first-order valence-electron chi connectivity index (χ1n) is 12.0. The Morgan fingerprint density at radius 3 is 2.80 bits per heavy atom. The molecule has 3 atom stereocenters. The Morgan fingerprint density at radius 1 is 1.17 bits per heavy atom. The molecule has 0 fully saturated rings. The number of rotatable bonds is 3. The van der Waals surface area contributed by atoms with E-state index in [1.54, 1.807) is 0 Å². The Morgan fingerprint density at radius 2 is 2.03 bits per heavy atom. The molecule has 178 valence electrons. The molecular formula is C30H30N2O3. The Kier molecular flexibility index (Phi) is 6.48. The van der Waals surface area contributed by atoms with Crippen LogP contribution in [0.2, 0.25) is 0 Å². The molecule has 3 unspecified atom stereocenters. The van der Waals surface area contributed by atoms with E-state index in [9.17, 15) is 0 Å². The van der Waals surface area contributed by atoms with Crippen molar-refractivity contribution in [1.82, 2.24) is 0 Å². The number of hydrogen-bond acceptors (Lipinski definition) is 5. The van der Waals surface area contributed by atoms with E-state index in [-0.39, 0.29) is 12.1 Å². The summed E-state index contributed by atoms with van der Waals surface area (Å²) in [4.78, 5) is 4.69. The van der Waals surface area contributed by atoms with Gasteiger partial charge in [-0.05, 0) is 47.2 Å². The van der Waals surface area contributed by atoms with Crippen LogP contribution in [0.4, 0.5) is 0 Å². The summed E-state index contributed by atoms with van der Waals surface area (Å²) in [5.41, 5.74) is 10.3. The molecule has 2 aromatic carbocycles. The zero-order chi connectivity index (χ0) is 24.3. The Labute approximate surface area is 207 Å². The molecule has 0 saturated heterocycles. The van der Waals surface area contributed by atoms with Crippen molar-refractivity contribution < 1.29 is 14.2 Å². The van der Waals surface area contributed by atoms with Crippen molar-refractivity contribution in [2.24, 2.45) is 16.6 Å². The topological polar surface area (TPSA) is 66.1 Å². The molecule has 35 heavy (non-hydrogen) atoms. The number of benzene rings is 2. The highest BCUT2D eigenvalue weighted by atomic mass is 16.5. The van der Waals surface area contributed by atoms with Crippen molar-refractivity contribution in [3.8, 4) is 18.1 Å². The molecule has 1 spiro atoms. The van der Waals surface area contributed by atoms with E-state index in [1.165, 1.54) is 5.56 Å². The van der Waals surface area contributed by atoms with Crippen LogP contribution in [0.25, 0.3) is 5.57 Å². The van der Waals surface area contributed by atoms with Crippen molar-refractivity contribution in [3.63, 3.8) is 0 Å². The average molecular weight is 467 g/mol. The number of ether oxygens (including phenoxy) is 3. The van der Waals surface area contributed by atoms with Crippen LogP contribution in [0, 0.1) is 18.3 Å². The molecule has 2 heterocycles. The summed E-state index contributed by atoms with van der Waals surface area (Å²) in [6, 6.07) is 16.7. The van der Waals surface area contributed by atoms with Gasteiger partial charge in [-0.2, -0.15) is 0 Å². The summed E-state index contributed by atoms with van der Waals surface area (Å²) in [7, 11) is 0. The van der Waals surface area contributed by atoms with Gasteiger partial charge in [0.05, 0.1) is 13.2 Å². The van der Waals surface area contributed by atoms with Crippen LogP contribution in [0.5, 0.6) is 5.75 Å². The lowest BCUT2D eigenvalue weighted by Crippen LogP contribution is -2.38. The van der Waals surface area contributed by atoms with Gasteiger partial charge >= 0.3 is 0 Å². The van der Waals surface area contributed by atoms with Crippen molar-refractivity contribution in [3.05, 3.63) is 95.1 Å². The van der Waals surface area contributed by atoms with Gasteiger partial charge in [0.1, 0.15) is 18.5 Å². The second kappa shape index (κ2) is 9.85. The molecule has 2 N–H and O–H groups in total. The van der Waals surface area contributed by atoms with Crippen molar-refractivity contribution in [2.45, 2.75) is 31.4 Å². The van der Waals surface area contributed by atoms with E-state index in [1.807, 2.05) is 30.3 Å². The summed E-state index contributed by atoms with van der Waals surface area (Å²) < 4.78 is 18.3. The summed E-state index contributed by atoms with van der Waals surface area (Å²) in [5, 5.41) is 0. The van der Waals surface area contributed by atoms with Crippen molar-refractivity contribution in [2.75, 3.05) is 19.8 Å². The molecule has 0 aromatic heterocycles. The minimum atomic E-state index is -0.750. The molecule has 5 rings (SSSR count). The van der Waals surface area contributed by atoms with Crippen LogP contribution in [0.3, 0.4) is 0 Å². The van der Waals surface area contributed by atoms with Crippen LogP contribution in [0.15, 0.2) is 83.4 Å². The summed E-state index contributed by atoms with van der Waals surface area (Å²) in [6.45, 7) is 3.33. The summed E-state index contributed by atoms with van der Waals surface area (Å²) in [5.74, 6) is 3.94. The molecule has 0 radical (unpaired) electrons. The van der Waals surface area contributed by atoms with Crippen LogP contribution >= 0.6 is 0 Å². The first-order chi connectivity index (χ1) is 17.0. The fourth-order valence-electron chi connectivity index (χ4n) is 4.80. The van der Waals surface area contributed by atoms with E-state index in [2.05, 4.69) is 60.3 Å². The number of amidine groups is 1. The fraction of sp³-hybridized carbons (Fsp3) is 0.300. The number of terminal acetylenes is 1. The fourth-order valence-corrected chi connectivity index (χ4v) is 4.80. The second-order valence-electron chi connectivity index (χ2n) is 9.41. The van der Waals surface area contributed by atoms with Gasteiger partial charge < -0.3 is 19.9 Å². The number of fused-ring (bicyclic) bond motifs is 2. The minimum absolute atomic E-state index is 0.123. The van der Waals surface area contributed by atoms with Crippen LogP contribution in [-0.4, -0.2) is 31.9 Å². The quantitative estimate of drug-likeness (QED) is 0.661. The van der Waals surface area contributed by atoms with E-state index in [0.29, 0.717) is 25.7 Å². The van der Waals surface area contributed by atoms with Gasteiger partial charge in [0, 0.05) is 17.6 Å². The average Bonchev–Trinajstić information content (AvgIpc) is 3.23. The first-order valence-corrected chi connectivity index (χ1v) is 12.0. The zero-order valence-electron chi connectivity index (χ0n) is 19.9. The van der Waals surface area contributed by atoms with Crippen LogP contribution < -0.4 is 10.5 Å². The predicted octanol–water partition coefficient (Wildman–Crippen LogP) is 4.79. The maximum Gasteiger partial charge on any atom is 0.283 e. The maximum absolute atomic E-state index is 6.54. The number of nitrogens with two attached hydrogens (primary N) is 1. The molecule has 2 aliphatic heterocycles. The lowest BCUT2D eigenvalue weighted by molar-refractivity contribution is 0.00536. The largest absolute Gasteiger partial charge is 0.487 e. The number of nitrogens with zero attached hydrogens (tertiary/aromatic N) is 1. The Bertz CT molecular complexity index is 1250. The molecular weight excluding hydrogens is 436 g/mol. The molecule has 5 nitrogen and oxygen atoms in total. The van der Waals surface area contributed by atoms with E-state index < -0.39 is 5.54 Å². The molecule has 3 aliphatic rings. The Hall–Kier alpha value is -3.75. The smallest absolute Gasteiger partial charge is 0.283 e. The number of hydrogen-bond donors (Lipinski definition) is 1. The number of aliphatic imine (C=N–C) groups is 1. The van der Waals surface area contributed by atoms with E-state index >= 15 is 0 Å². The molecule has 2 aromatic rings. The van der Waals surface area contributed by atoms with E-state index in [0.717, 1.165) is 40.9 Å². The highest BCUT2D eigenvalue weighted by Gasteiger charge is 2.42. The second-order valence-corrected chi connectivity index (χ2v) is 9.41. The molecule has 1 aliphatic carbocycles. The lowest BCUT2D eigenvalue weighted by Gasteiger charge is -2.32. The minimum Gasteiger partial charge on any atom is -0.487 e. The van der Waals surface area contributed by atoms with Crippen LogP contribution in [-0.2, 0) is 21.4 Å². The van der Waals surface area contributed by atoms with Gasteiger partial charge in [-0.15, -0.1) is 6.42 Å². The highest BCUT2D eigenvalue weighted by Crippen LogP contribution is 2.41. The first kappa shape index (κ1) is 23.0. The molecule has 0 bridgehead atoms. The van der Waals surface area contributed by atoms with Crippen molar-refractivity contribution in [1.29, 1.82) is 0 Å². The van der Waals surface area contributed by atoms with Gasteiger partial charge in [0.15, 0.2) is 5.54 Å². The van der Waals surface area contributed by atoms with E-state index in [4.69, 9.17) is 26.4 Å². The number of allylic oxidation sites excluding steroid dienone is 6. The van der Waals surface area contributed by atoms with Gasteiger partial charge in [0.25, 0.3) is 6.02 Å². The monoisotopic (exact) mass is 466 g/mol. The van der Waals surface area contributed by atoms with Gasteiger partial charge in [-0.1, -0.05) is 67.5 Å². The summed E-state index contributed by atoms with van der Waals surface area (Å²) in [6.07, 6.45) is 15.8. The third-order valence-electron chi connectivity index (χ3n) is 6.59. The zero-order valence-corrected chi connectivity index (χ0v) is 19.9. The van der Waals surface area contributed by atoms with Crippen molar-refractivity contribution >= 4 is 11.6 Å². The molecule has 0 saturated carbocycles. The third-order valence-corrected chi connectivity index (χ3v) is 6.59. The predicted molar refractivity (Wildman–Crippen MR) is 139 cm³/mol. The van der Waals surface area contributed by atoms with Crippen LogP contribution in [0.1, 0.15) is 30.0 Å². The summed E-state index contributed by atoms with van der Waals surface area (Å²) >= 11 is 0. The Balaban J connectivity index is 1.56. The lowest BCUT2D eigenvalue weighted by atomic mass is 9.87. The highest BCUT2D eigenvalue weighted by molar-refractivity contribution is 5.79. The standard InChI is InChI=1S/C30H30N2O3/c1-3-22-11-7-8-21(2)14-25(15-22)24-12-13-28-27(17-24)30(20-34-29(31)32-30)19-33-18-26(35-28)16-23-9-5-4-6-10-23/h1,4-7,9-15,17,21,26H,8,16,18-20H2,2H3,(H2,31,32). The van der Waals surface area contributed by atoms with Gasteiger partial charge in [0.2, 0.25) is 0 Å². The maximum atomic E-state index is 6.54. The third kappa shape index (κ3) is 5.03.